The van der Waals surface area contributed by atoms with Gasteiger partial charge in [-0.25, -0.2) is 0 Å². The van der Waals surface area contributed by atoms with E-state index < -0.39 is 0 Å². The van der Waals surface area contributed by atoms with Gasteiger partial charge in [0.2, 0.25) is 5.88 Å². The van der Waals surface area contributed by atoms with Crippen molar-refractivity contribution in [3.05, 3.63) is 46.1 Å². The van der Waals surface area contributed by atoms with Crippen molar-refractivity contribution in [2.45, 2.75) is 20.4 Å². The van der Waals surface area contributed by atoms with E-state index in [1.54, 1.807) is 11.3 Å². The normalized spacial score (nSPS) is 11.2. The minimum Gasteiger partial charge on any atom is -0.436 e. The highest BCUT2D eigenvalue weighted by Gasteiger charge is 2.16. The number of aryl methyl sites for hydroxylation is 1. The second-order valence-corrected chi connectivity index (χ2v) is 6.02. The molecular formula is C15H16ClN3OS. The predicted molar refractivity (Wildman–Crippen MR) is 86.7 cm³/mol. The quantitative estimate of drug-likeness (QED) is 0.763. The first-order valence-electron chi connectivity index (χ1n) is 6.78. The molecule has 0 aliphatic carbocycles. The smallest absolute Gasteiger partial charge is 0.243 e. The summed E-state index contributed by atoms with van der Waals surface area (Å²) in [7, 11) is 0. The third kappa shape index (κ3) is 2.90. The molecule has 2 aromatic heterocycles. The topological polar surface area (TPSA) is 38.6 Å². The lowest BCUT2D eigenvalue weighted by Crippen LogP contribution is -2.13. The number of benzene rings is 1. The molecule has 1 aromatic carbocycles. The SMILES string of the molecule is CCNCc1c(Oc2ccc(C)cc2Cl)nc2sccn12. The maximum absolute atomic E-state index is 6.24. The standard InChI is InChI=1S/C15H16ClN3OS/c1-3-17-9-12-14(18-15-19(12)6-7-21-15)20-13-5-4-10(2)8-11(13)16/h4-8,17H,3,9H2,1-2H3. The van der Waals surface area contributed by atoms with E-state index in [0.29, 0.717) is 23.2 Å². The number of imidazole rings is 1. The first kappa shape index (κ1) is 14.4. The van der Waals surface area contributed by atoms with E-state index in [0.717, 1.165) is 22.8 Å². The lowest BCUT2D eigenvalue weighted by Gasteiger charge is -2.08. The Hall–Kier alpha value is -1.56. The average molecular weight is 322 g/mol. The number of aromatic nitrogens is 2. The van der Waals surface area contributed by atoms with Gasteiger partial charge in [0.25, 0.3) is 0 Å². The van der Waals surface area contributed by atoms with E-state index in [9.17, 15) is 0 Å². The van der Waals surface area contributed by atoms with Crippen LogP contribution < -0.4 is 10.1 Å². The van der Waals surface area contributed by atoms with E-state index in [1.165, 1.54) is 0 Å². The molecular weight excluding hydrogens is 306 g/mol. The highest BCUT2D eigenvalue weighted by Crippen LogP contribution is 2.32. The van der Waals surface area contributed by atoms with Crippen LogP contribution in [-0.2, 0) is 6.54 Å². The summed E-state index contributed by atoms with van der Waals surface area (Å²) >= 11 is 7.82. The van der Waals surface area contributed by atoms with Crippen LogP contribution >= 0.6 is 22.9 Å². The van der Waals surface area contributed by atoms with Gasteiger partial charge >= 0.3 is 0 Å². The fourth-order valence-corrected chi connectivity index (χ4v) is 3.09. The molecule has 0 radical (unpaired) electrons. The van der Waals surface area contributed by atoms with Gasteiger partial charge in [-0.3, -0.25) is 4.40 Å². The molecule has 0 aliphatic heterocycles. The molecule has 0 spiro atoms. The fraction of sp³-hybridized carbons (Fsp3) is 0.267. The minimum absolute atomic E-state index is 0.598. The summed E-state index contributed by atoms with van der Waals surface area (Å²) in [6.07, 6.45) is 2.00. The summed E-state index contributed by atoms with van der Waals surface area (Å²) in [5.41, 5.74) is 2.11. The number of fused-ring (bicyclic) bond motifs is 1. The van der Waals surface area contributed by atoms with Gasteiger partial charge in [-0.1, -0.05) is 24.6 Å². The van der Waals surface area contributed by atoms with Crippen LogP contribution in [-0.4, -0.2) is 15.9 Å². The zero-order valence-electron chi connectivity index (χ0n) is 11.9. The van der Waals surface area contributed by atoms with Gasteiger partial charge in [0.05, 0.1) is 5.02 Å². The molecule has 0 saturated carbocycles. The molecule has 2 heterocycles. The number of halogens is 1. The molecule has 0 aliphatic rings. The predicted octanol–water partition coefficient (Wildman–Crippen LogP) is 4.26. The second-order valence-electron chi connectivity index (χ2n) is 4.74. The number of hydrogen-bond acceptors (Lipinski definition) is 4. The number of nitrogens with one attached hydrogen (secondary N) is 1. The highest BCUT2D eigenvalue weighted by atomic mass is 35.5. The van der Waals surface area contributed by atoms with Crippen molar-refractivity contribution in [3.63, 3.8) is 0 Å². The van der Waals surface area contributed by atoms with Crippen molar-refractivity contribution in [3.8, 4) is 11.6 Å². The van der Waals surface area contributed by atoms with E-state index in [-0.39, 0.29) is 0 Å². The maximum Gasteiger partial charge on any atom is 0.243 e. The fourth-order valence-electron chi connectivity index (χ4n) is 2.09. The van der Waals surface area contributed by atoms with Crippen molar-refractivity contribution in [1.29, 1.82) is 0 Å². The summed E-state index contributed by atoms with van der Waals surface area (Å²) in [5, 5.41) is 5.93. The first-order valence-corrected chi connectivity index (χ1v) is 8.04. The van der Waals surface area contributed by atoms with Crippen LogP contribution in [0, 0.1) is 6.92 Å². The number of hydrogen-bond donors (Lipinski definition) is 1. The molecule has 0 amide bonds. The second kappa shape index (κ2) is 6.05. The van der Waals surface area contributed by atoms with Gasteiger partial charge < -0.3 is 10.1 Å². The van der Waals surface area contributed by atoms with Crippen LogP contribution in [0.15, 0.2) is 29.8 Å². The van der Waals surface area contributed by atoms with Crippen LogP contribution in [0.1, 0.15) is 18.2 Å². The molecule has 0 unspecified atom stereocenters. The molecule has 0 atom stereocenters. The third-order valence-corrected chi connectivity index (χ3v) is 4.21. The Bertz CT molecular complexity index is 765. The number of thiazole rings is 1. The lowest BCUT2D eigenvalue weighted by molar-refractivity contribution is 0.456. The van der Waals surface area contributed by atoms with Gasteiger partial charge in [0, 0.05) is 18.1 Å². The third-order valence-electron chi connectivity index (χ3n) is 3.16. The van der Waals surface area contributed by atoms with Crippen molar-refractivity contribution < 1.29 is 4.74 Å². The maximum atomic E-state index is 6.24. The van der Waals surface area contributed by atoms with E-state index in [1.807, 2.05) is 41.1 Å². The minimum atomic E-state index is 0.598. The molecule has 3 aromatic rings. The van der Waals surface area contributed by atoms with Gasteiger partial charge in [-0.05, 0) is 31.2 Å². The van der Waals surface area contributed by atoms with Crippen LogP contribution in [0.3, 0.4) is 0 Å². The molecule has 4 nitrogen and oxygen atoms in total. The van der Waals surface area contributed by atoms with Crippen molar-refractivity contribution in [1.82, 2.24) is 14.7 Å². The molecule has 1 N–H and O–H groups in total. The average Bonchev–Trinajstić information content (AvgIpc) is 3.01. The summed E-state index contributed by atoms with van der Waals surface area (Å²) in [5.74, 6) is 1.24. The highest BCUT2D eigenvalue weighted by molar-refractivity contribution is 7.15. The Morgan fingerprint density at radius 1 is 1.43 bits per heavy atom. The van der Waals surface area contributed by atoms with Crippen LogP contribution in [0.5, 0.6) is 11.6 Å². The Balaban J connectivity index is 1.97. The molecule has 21 heavy (non-hydrogen) atoms. The van der Waals surface area contributed by atoms with Gasteiger partial charge in [-0.15, -0.1) is 11.3 Å². The monoisotopic (exact) mass is 321 g/mol. The number of ether oxygens (including phenoxy) is 1. The Labute approximate surface area is 132 Å². The molecule has 0 fully saturated rings. The summed E-state index contributed by atoms with van der Waals surface area (Å²) in [4.78, 5) is 5.46. The number of nitrogens with zero attached hydrogens (tertiary/aromatic N) is 2. The van der Waals surface area contributed by atoms with Crippen LogP contribution in [0.25, 0.3) is 4.96 Å². The molecule has 0 saturated heterocycles. The zero-order chi connectivity index (χ0) is 14.8. The Kier molecular flexibility index (Phi) is 4.14. The molecule has 6 heteroatoms. The Morgan fingerprint density at radius 2 is 2.29 bits per heavy atom. The van der Waals surface area contributed by atoms with Crippen molar-refractivity contribution in [2.75, 3.05) is 6.54 Å². The van der Waals surface area contributed by atoms with Crippen molar-refractivity contribution >= 4 is 27.9 Å². The van der Waals surface area contributed by atoms with E-state index in [2.05, 4.69) is 17.2 Å². The summed E-state index contributed by atoms with van der Waals surface area (Å²) in [6.45, 7) is 5.66. The zero-order valence-corrected chi connectivity index (χ0v) is 13.5. The molecule has 0 bridgehead atoms. The van der Waals surface area contributed by atoms with Crippen molar-refractivity contribution in [2.24, 2.45) is 0 Å². The largest absolute Gasteiger partial charge is 0.436 e. The summed E-state index contributed by atoms with van der Waals surface area (Å²) in [6, 6.07) is 5.74. The van der Waals surface area contributed by atoms with Gasteiger partial charge in [0.15, 0.2) is 4.96 Å². The van der Waals surface area contributed by atoms with E-state index >= 15 is 0 Å². The lowest BCUT2D eigenvalue weighted by atomic mass is 10.2. The van der Waals surface area contributed by atoms with Gasteiger partial charge in [-0.2, -0.15) is 4.98 Å². The molecule has 3 rings (SSSR count). The molecule has 110 valence electrons. The van der Waals surface area contributed by atoms with E-state index in [4.69, 9.17) is 16.3 Å². The Morgan fingerprint density at radius 3 is 3.05 bits per heavy atom. The first-order chi connectivity index (χ1) is 10.2. The van der Waals surface area contributed by atoms with Gasteiger partial charge in [0.1, 0.15) is 11.4 Å². The summed E-state index contributed by atoms with van der Waals surface area (Å²) < 4.78 is 7.98. The van der Waals surface area contributed by atoms with Crippen LogP contribution in [0.4, 0.5) is 0 Å². The number of rotatable bonds is 5. The van der Waals surface area contributed by atoms with Crippen LogP contribution in [0.2, 0.25) is 5.02 Å².